The third-order valence-corrected chi connectivity index (χ3v) is 3.59. The lowest BCUT2D eigenvalue weighted by Gasteiger charge is -2.36. The quantitative estimate of drug-likeness (QED) is 0.597. The number of hydrogen-bond donors (Lipinski definition) is 0. The van der Waals surface area contributed by atoms with E-state index in [2.05, 4.69) is 15.9 Å². The normalized spacial score (nSPS) is 36.3. The Hall–Kier alpha value is 0.440. The fraction of sp³-hybridized carbons (Fsp3) is 1.00. The maximum absolute atomic E-state index is 5.61. The van der Waals surface area contributed by atoms with Gasteiger partial charge in [0.05, 0.1) is 12.7 Å². The molecule has 1 aliphatic heterocycles. The summed E-state index contributed by atoms with van der Waals surface area (Å²) in [6, 6.07) is 0. The van der Waals surface area contributed by atoms with Crippen LogP contribution >= 0.6 is 15.9 Å². The second kappa shape index (κ2) is 2.49. The standard InChI is InChI=1S/C8H13BrO/c9-5-7-4-8(6-10-7)2-1-3-8/h7H,1-6H2/t7-/m1/s1. The van der Waals surface area contributed by atoms with Crippen molar-refractivity contribution in [1.82, 2.24) is 0 Å². The summed E-state index contributed by atoms with van der Waals surface area (Å²) in [5, 5.41) is 1.02. The zero-order valence-corrected chi connectivity index (χ0v) is 7.69. The highest BCUT2D eigenvalue weighted by molar-refractivity contribution is 9.09. The van der Waals surface area contributed by atoms with Crippen LogP contribution in [0.25, 0.3) is 0 Å². The van der Waals surface area contributed by atoms with Crippen molar-refractivity contribution in [3.05, 3.63) is 0 Å². The van der Waals surface area contributed by atoms with E-state index in [9.17, 15) is 0 Å². The first-order valence-electron chi connectivity index (χ1n) is 4.02. The Kier molecular flexibility index (Phi) is 1.77. The fourth-order valence-electron chi connectivity index (χ4n) is 2.02. The Bertz CT molecular complexity index is 131. The average molecular weight is 205 g/mol. The number of alkyl halides is 1. The maximum Gasteiger partial charge on any atom is 0.0678 e. The summed E-state index contributed by atoms with van der Waals surface area (Å²) in [5.74, 6) is 0. The lowest BCUT2D eigenvalue weighted by molar-refractivity contribution is 0.0758. The summed E-state index contributed by atoms with van der Waals surface area (Å²) in [5.41, 5.74) is 0.637. The average Bonchev–Trinajstić information content (AvgIpc) is 2.29. The van der Waals surface area contributed by atoms with Crippen molar-refractivity contribution < 1.29 is 4.74 Å². The minimum Gasteiger partial charge on any atom is -0.377 e. The highest BCUT2D eigenvalue weighted by Gasteiger charge is 2.43. The van der Waals surface area contributed by atoms with Gasteiger partial charge in [-0.15, -0.1) is 0 Å². The first kappa shape index (κ1) is 7.11. The molecule has 2 rings (SSSR count). The van der Waals surface area contributed by atoms with Crippen LogP contribution in [0.4, 0.5) is 0 Å². The molecule has 58 valence electrons. The Morgan fingerprint density at radius 1 is 1.50 bits per heavy atom. The van der Waals surface area contributed by atoms with E-state index < -0.39 is 0 Å². The van der Waals surface area contributed by atoms with Crippen molar-refractivity contribution in [3.8, 4) is 0 Å². The second-order valence-electron chi connectivity index (χ2n) is 3.64. The van der Waals surface area contributed by atoms with Crippen molar-refractivity contribution in [1.29, 1.82) is 0 Å². The lowest BCUT2D eigenvalue weighted by atomic mass is 9.68. The first-order chi connectivity index (χ1) is 4.85. The Morgan fingerprint density at radius 3 is 2.60 bits per heavy atom. The molecule has 1 saturated heterocycles. The topological polar surface area (TPSA) is 9.23 Å². The van der Waals surface area contributed by atoms with Gasteiger partial charge in [-0.05, 0) is 24.7 Å². The molecule has 1 saturated carbocycles. The van der Waals surface area contributed by atoms with Crippen LogP contribution in [0.1, 0.15) is 25.7 Å². The van der Waals surface area contributed by atoms with Gasteiger partial charge < -0.3 is 4.74 Å². The molecule has 2 aliphatic rings. The molecule has 0 amide bonds. The second-order valence-corrected chi connectivity index (χ2v) is 4.29. The van der Waals surface area contributed by atoms with Gasteiger partial charge in [-0.3, -0.25) is 0 Å². The van der Waals surface area contributed by atoms with Crippen molar-refractivity contribution in [2.75, 3.05) is 11.9 Å². The van der Waals surface area contributed by atoms with E-state index in [1.807, 2.05) is 0 Å². The highest BCUT2D eigenvalue weighted by Crippen LogP contribution is 2.49. The number of ether oxygens (including phenoxy) is 1. The van der Waals surface area contributed by atoms with Crippen molar-refractivity contribution in [2.45, 2.75) is 31.8 Å². The van der Waals surface area contributed by atoms with Gasteiger partial charge in [-0.25, -0.2) is 0 Å². The summed E-state index contributed by atoms with van der Waals surface area (Å²) < 4.78 is 5.61. The molecule has 0 aromatic carbocycles. The zero-order chi connectivity index (χ0) is 7.03. The van der Waals surface area contributed by atoms with Crippen LogP contribution in [-0.2, 0) is 4.74 Å². The zero-order valence-electron chi connectivity index (χ0n) is 6.11. The first-order valence-corrected chi connectivity index (χ1v) is 5.14. The monoisotopic (exact) mass is 204 g/mol. The van der Waals surface area contributed by atoms with Crippen LogP contribution in [0.5, 0.6) is 0 Å². The molecule has 0 unspecified atom stereocenters. The predicted octanol–water partition coefficient (Wildman–Crippen LogP) is 2.34. The van der Waals surface area contributed by atoms with Gasteiger partial charge in [0.25, 0.3) is 0 Å². The van der Waals surface area contributed by atoms with E-state index in [4.69, 9.17) is 4.74 Å². The molecule has 1 spiro atoms. The molecule has 0 aromatic heterocycles. The van der Waals surface area contributed by atoms with Crippen molar-refractivity contribution in [3.63, 3.8) is 0 Å². The molecule has 0 bridgehead atoms. The molecule has 0 aromatic rings. The lowest BCUT2D eigenvalue weighted by Crippen LogP contribution is -2.29. The fourth-order valence-corrected chi connectivity index (χ4v) is 2.44. The molecular formula is C8H13BrO. The number of halogens is 1. The van der Waals surface area contributed by atoms with Gasteiger partial charge in [0.15, 0.2) is 0 Å². The van der Waals surface area contributed by atoms with Crippen LogP contribution in [-0.4, -0.2) is 18.0 Å². The van der Waals surface area contributed by atoms with E-state index in [0.29, 0.717) is 11.5 Å². The molecule has 1 nitrogen and oxygen atoms in total. The molecule has 2 fully saturated rings. The van der Waals surface area contributed by atoms with Gasteiger partial charge in [0.2, 0.25) is 0 Å². The maximum atomic E-state index is 5.61. The van der Waals surface area contributed by atoms with E-state index in [-0.39, 0.29) is 0 Å². The molecule has 2 heteroatoms. The molecule has 10 heavy (non-hydrogen) atoms. The van der Waals surface area contributed by atoms with Crippen LogP contribution in [0, 0.1) is 5.41 Å². The summed E-state index contributed by atoms with van der Waals surface area (Å²) in [7, 11) is 0. The van der Waals surface area contributed by atoms with E-state index in [0.717, 1.165) is 11.9 Å². The molecule has 1 heterocycles. The van der Waals surface area contributed by atoms with Crippen LogP contribution < -0.4 is 0 Å². The minimum atomic E-state index is 0.514. The van der Waals surface area contributed by atoms with Gasteiger partial charge in [0, 0.05) is 5.33 Å². The molecule has 1 atom stereocenters. The van der Waals surface area contributed by atoms with Gasteiger partial charge in [-0.2, -0.15) is 0 Å². The molecule has 0 radical (unpaired) electrons. The highest BCUT2D eigenvalue weighted by atomic mass is 79.9. The van der Waals surface area contributed by atoms with Gasteiger partial charge in [-0.1, -0.05) is 22.4 Å². The molecule has 0 N–H and O–H groups in total. The number of rotatable bonds is 1. The summed E-state index contributed by atoms with van der Waals surface area (Å²) in [6.07, 6.45) is 6.07. The SMILES string of the molecule is BrC[C@H]1CC2(CCC2)CO1. The van der Waals surface area contributed by atoms with Crippen LogP contribution in [0.2, 0.25) is 0 Å². The van der Waals surface area contributed by atoms with E-state index in [1.54, 1.807) is 0 Å². The molecular weight excluding hydrogens is 192 g/mol. The largest absolute Gasteiger partial charge is 0.377 e. The van der Waals surface area contributed by atoms with E-state index in [1.165, 1.54) is 25.7 Å². The summed E-state index contributed by atoms with van der Waals surface area (Å²) in [4.78, 5) is 0. The Balaban J connectivity index is 1.92. The number of hydrogen-bond acceptors (Lipinski definition) is 1. The Morgan fingerprint density at radius 2 is 2.30 bits per heavy atom. The Labute approximate surface area is 70.3 Å². The van der Waals surface area contributed by atoms with Crippen molar-refractivity contribution >= 4 is 15.9 Å². The predicted molar refractivity (Wildman–Crippen MR) is 44.4 cm³/mol. The van der Waals surface area contributed by atoms with Crippen molar-refractivity contribution in [2.24, 2.45) is 5.41 Å². The van der Waals surface area contributed by atoms with E-state index >= 15 is 0 Å². The van der Waals surface area contributed by atoms with Gasteiger partial charge >= 0.3 is 0 Å². The third kappa shape index (κ3) is 1.02. The third-order valence-electron chi connectivity index (χ3n) is 2.87. The smallest absolute Gasteiger partial charge is 0.0678 e. The van der Waals surface area contributed by atoms with Gasteiger partial charge in [0.1, 0.15) is 0 Å². The summed E-state index contributed by atoms with van der Waals surface area (Å²) in [6.45, 7) is 1.03. The summed E-state index contributed by atoms with van der Waals surface area (Å²) >= 11 is 3.46. The van der Waals surface area contributed by atoms with Crippen LogP contribution in [0.15, 0.2) is 0 Å². The van der Waals surface area contributed by atoms with Crippen LogP contribution in [0.3, 0.4) is 0 Å². The molecule has 1 aliphatic carbocycles. The minimum absolute atomic E-state index is 0.514.